The minimum atomic E-state index is -4.96. The van der Waals surface area contributed by atoms with Crippen LogP contribution in [0.4, 0.5) is 0 Å². The van der Waals surface area contributed by atoms with Crippen molar-refractivity contribution in [3.05, 3.63) is 0 Å². The summed E-state index contributed by atoms with van der Waals surface area (Å²) in [6.45, 7) is 7.16. The third kappa shape index (κ3) is 70.3. The number of carbonyl (C=O) groups excluding carboxylic acids is 4. The maximum atomic E-state index is 13.1. The Hall–Kier alpha value is -1.94. The van der Waals surface area contributed by atoms with E-state index < -0.39 is 97.5 Å². The summed E-state index contributed by atoms with van der Waals surface area (Å²) in [5.41, 5.74) is 0. The summed E-state index contributed by atoms with van der Waals surface area (Å²) in [6.07, 6.45) is 58.7. The van der Waals surface area contributed by atoms with Crippen molar-refractivity contribution in [3.63, 3.8) is 0 Å². The van der Waals surface area contributed by atoms with Gasteiger partial charge in [0.2, 0.25) is 0 Å². The highest BCUT2D eigenvalue weighted by molar-refractivity contribution is 7.47. The van der Waals surface area contributed by atoms with Gasteiger partial charge in [-0.25, -0.2) is 9.13 Å². The van der Waals surface area contributed by atoms with E-state index in [-0.39, 0.29) is 25.7 Å². The van der Waals surface area contributed by atoms with Crippen molar-refractivity contribution in [2.75, 3.05) is 39.6 Å². The van der Waals surface area contributed by atoms with Gasteiger partial charge in [0.05, 0.1) is 26.4 Å². The van der Waals surface area contributed by atoms with Crippen molar-refractivity contribution in [1.29, 1.82) is 0 Å². The monoisotopic (exact) mass is 1400 g/mol. The molecule has 17 nitrogen and oxygen atoms in total. The average molecular weight is 1400 g/mol. The van der Waals surface area contributed by atoms with Gasteiger partial charge in [-0.2, -0.15) is 0 Å². The van der Waals surface area contributed by atoms with E-state index >= 15 is 0 Å². The second-order valence-electron chi connectivity index (χ2n) is 27.9. The second-order valence-corrected chi connectivity index (χ2v) is 30.8. The molecule has 0 spiro atoms. The predicted octanol–water partition coefficient (Wildman–Crippen LogP) is 22.5. The molecule has 0 amide bonds. The summed E-state index contributed by atoms with van der Waals surface area (Å²) < 4.78 is 68.4. The molecule has 19 heteroatoms. The van der Waals surface area contributed by atoms with Gasteiger partial charge in [0.1, 0.15) is 19.3 Å². The molecule has 0 saturated carbocycles. The van der Waals surface area contributed by atoms with Crippen molar-refractivity contribution < 1.29 is 80.2 Å². The summed E-state index contributed by atoms with van der Waals surface area (Å²) in [5.74, 6) is -1.45. The van der Waals surface area contributed by atoms with Crippen molar-refractivity contribution in [2.45, 2.75) is 419 Å². The van der Waals surface area contributed by atoms with Gasteiger partial charge in [-0.1, -0.05) is 349 Å². The van der Waals surface area contributed by atoms with Crippen LogP contribution in [0.2, 0.25) is 0 Å². The molecule has 0 aliphatic heterocycles. The van der Waals surface area contributed by atoms with Crippen LogP contribution < -0.4 is 0 Å². The highest BCUT2D eigenvalue weighted by Crippen LogP contribution is 2.45. The molecular formula is C76H148O17P2. The molecule has 95 heavy (non-hydrogen) atoms. The van der Waals surface area contributed by atoms with Gasteiger partial charge in [-0.15, -0.1) is 0 Å². The lowest BCUT2D eigenvalue weighted by molar-refractivity contribution is -0.161. The van der Waals surface area contributed by atoms with Crippen molar-refractivity contribution in [1.82, 2.24) is 0 Å². The Morgan fingerprint density at radius 3 is 0.716 bits per heavy atom. The lowest BCUT2D eigenvalue weighted by Crippen LogP contribution is -2.30. The molecule has 0 aromatic rings. The quantitative estimate of drug-likeness (QED) is 0.0222. The Balaban J connectivity index is 5.15. The topological polar surface area (TPSA) is 237 Å². The molecular weight excluding hydrogens is 1250 g/mol. The Labute approximate surface area is 581 Å². The maximum Gasteiger partial charge on any atom is 0.472 e. The molecule has 5 atom stereocenters. The number of phosphoric ester groups is 2. The van der Waals surface area contributed by atoms with E-state index in [0.717, 1.165) is 96.3 Å². The Morgan fingerprint density at radius 2 is 0.484 bits per heavy atom. The SMILES string of the molecule is CCCCCCCCCCCCCCCCCCCCCCCC(=O)O[C@H](COC(=O)CCCCCCCCCCCCCCCCCCC)COP(=O)(O)OC[C@@H](O)COP(=O)(O)OC[C@@H](COC(=O)CCCCCCCCCC)OC(=O)CCCCCCCCC(C)C. The lowest BCUT2D eigenvalue weighted by Gasteiger charge is -2.21. The van der Waals surface area contributed by atoms with Crippen LogP contribution in [-0.4, -0.2) is 96.7 Å². The van der Waals surface area contributed by atoms with E-state index in [1.165, 1.54) is 218 Å². The molecule has 0 heterocycles. The van der Waals surface area contributed by atoms with Crippen LogP contribution in [-0.2, 0) is 65.4 Å². The minimum absolute atomic E-state index is 0.102. The van der Waals surface area contributed by atoms with Crippen LogP contribution in [0.5, 0.6) is 0 Å². The van der Waals surface area contributed by atoms with Gasteiger partial charge in [0.25, 0.3) is 0 Å². The predicted molar refractivity (Wildman–Crippen MR) is 386 cm³/mol. The van der Waals surface area contributed by atoms with Gasteiger partial charge >= 0.3 is 39.5 Å². The second kappa shape index (κ2) is 69.2. The molecule has 564 valence electrons. The fourth-order valence-electron chi connectivity index (χ4n) is 11.7. The van der Waals surface area contributed by atoms with E-state index in [4.69, 9.17) is 37.0 Å². The number of esters is 4. The maximum absolute atomic E-state index is 13.1. The first-order chi connectivity index (χ1) is 46.0. The van der Waals surface area contributed by atoms with Crippen LogP contribution in [0.3, 0.4) is 0 Å². The lowest BCUT2D eigenvalue weighted by atomic mass is 10.0. The number of aliphatic hydroxyl groups excluding tert-OH is 1. The normalized spacial score (nSPS) is 13.9. The smallest absolute Gasteiger partial charge is 0.462 e. The average Bonchev–Trinajstić information content (AvgIpc) is 2.84. The molecule has 0 rings (SSSR count). The summed E-state index contributed by atoms with van der Waals surface area (Å²) >= 11 is 0. The van der Waals surface area contributed by atoms with E-state index in [2.05, 4.69) is 34.6 Å². The Morgan fingerprint density at radius 1 is 0.284 bits per heavy atom. The zero-order valence-electron chi connectivity index (χ0n) is 61.8. The van der Waals surface area contributed by atoms with Crippen molar-refractivity contribution in [2.24, 2.45) is 5.92 Å². The molecule has 0 bridgehead atoms. The van der Waals surface area contributed by atoms with Crippen LogP contribution in [0.25, 0.3) is 0 Å². The minimum Gasteiger partial charge on any atom is -0.462 e. The van der Waals surface area contributed by atoms with Crippen LogP contribution in [0.15, 0.2) is 0 Å². The van der Waals surface area contributed by atoms with Gasteiger partial charge < -0.3 is 33.8 Å². The number of rotatable bonds is 76. The standard InChI is InChI=1S/C76H148O17P2/c1-6-9-12-15-18-21-23-25-27-29-30-31-32-34-36-38-40-42-45-51-56-61-75(80)92-71(65-87-74(79)60-55-50-44-41-39-37-35-33-28-26-24-22-19-16-13-10-7-2)67-90-94(82,83)88-63-70(77)64-89-95(84,85)91-68-72(66-86-73(78)59-54-49-43-20-17-14-11-8-3)93-76(81)62-57-52-47-46-48-53-58-69(4)5/h69-72,77H,6-68H2,1-5H3,(H,82,83)(H,84,85)/t70-,71-,72-/m1/s1. The first kappa shape index (κ1) is 93.1. The molecule has 2 unspecified atom stereocenters. The Kier molecular flexibility index (Phi) is 67.7. The number of hydrogen-bond donors (Lipinski definition) is 3. The van der Waals surface area contributed by atoms with Crippen LogP contribution >= 0.6 is 15.6 Å². The Bertz CT molecular complexity index is 1820. The first-order valence-electron chi connectivity index (χ1n) is 39.6. The van der Waals surface area contributed by atoms with E-state index in [1.807, 2.05) is 0 Å². The molecule has 0 aromatic heterocycles. The number of aliphatic hydroxyl groups is 1. The van der Waals surface area contributed by atoms with Crippen molar-refractivity contribution in [3.8, 4) is 0 Å². The molecule has 0 aliphatic rings. The van der Waals surface area contributed by atoms with Crippen LogP contribution in [0, 0.1) is 5.92 Å². The molecule has 0 aromatic carbocycles. The van der Waals surface area contributed by atoms with Crippen molar-refractivity contribution >= 4 is 39.5 Å². The van der Waals surface area contributed by atoms with E-state index in [1.54, 1.807) is 0 Å². The molecule has 0 fully saturated rings. The number of hydrogen-bond acceptors (Lipinski definition) is 15. The molecule has 0 radical (unpaired) electrons. The summed E-state index contributed by atoms with van der Waals surface area (Å²) in [6, 6.07) is 0. The highest BCUT2D eigenvalue weighted by atomic mass is 31.2. The summed E-state index contributed by atoms with van der Waals surface area (Å²) in [5, 5.41) is 10.6. The van der Waals surface area contributed by atoms with Gasteiger partial charge in [-0.3, -0.25) is 37.3 Å². The van der Waals surface area contributed by atoms with Gasteiger partial charge in [-0.05, 0) is 31.6 Å². The van der Waals surface area contributed by atoms with Gasteiger partial charge in [0.15, 0.2) is 12.2 Å². The molecule has 0 aliphatic carbocycles. The molecule has 0 saturated heterocycles. The number of phosphoric acid groups is 2. The number of ether oxygens (including phenoxy) is 4. The molecule has 3 N–H and O–H groups in total. The van der Waals surface area contributed by atoms with E-state index in [9.17, 15) is 43.2 Å². The van der Waals surface area contributed by atoms with E-state index in [0.29, 0.717) is 31.6 Å². The zero-order chi connectivity index (χ0) is 69.8. The number of unbranched alkanes of at least 4 members (excludes halogenated alkanes) is 48. The third-order valence-electron chi connectivity index (χ3n) is 17.8. The summed E-state index contributed by atoms with van der Waals surface area (Å²) in [7, 11) is -9.90. The number of carbonyl (C=O) groups is 4. The highest BCUT2D eigenvalue weighted by Gasteiger charge is 2.30. The zero-order valence-corrected chi connectivity index (χ0v) is 63.6. The fraction of sp³-hybridized carbons (Fsp3) is 0.947. The van der Waals surface area contributed by atoms with Crippen LogP contribution in [0.1, 0.15) is 401 Å². The summed E-state index contributed by atoms with van der Waals surface area (Å²) in [4.78, 5) is 72.6. The first-order valence-corrected chi connectivity index (χ1v) is 42.6. The van der Waals surface area contributed by atoms with Gasteiger partial charge in [0, 0.05) is 25.7 Å². The largest absolute Gasteiger partial charge is 0.472 e. The fourth-order valence-corrected chi connectivity index (χ4v) is 13.3. The third-order valence-corrected chi connectivity index (χ3v) is 19.7.